The highest BCUT2D eigenvalue weighted by Gasteiger charge is 2.28. The van der Waals surface area contributed by atoms with E-state index in [2.05, 4.69) is 25.1 Å². The smallest absolute Gasteiger partial charge is 0.198 e. The lowest BCUT2D eigenvalue weighted by Gasteiger charge is -2.30. The molecule has 2 heteroatoms. The third-order valence-corrected chi connectivity index (χ3v) is 3.44. The summed E-state index contributed by atoms with van der Waals surface area (Å²) in [5.41, 5.74) is 3.62. The van der Waals surface area contributed by atoms with Crippen LogP contribution in [-0.2, 0) is 0 Å². The zero-order chi connectivity index (χ0) is 12.5. The summed E-state index contributed by atoms with van der Waals surface area (Å²) in [7, 11) is 0. The Bertz CT molecular complexity index is 548. The SMILES string of the molecule is Cc1ccc2c(c1)[C@H](c1ccccc1)C[C@H](O)O2. The van der Waals surface area contributed by atoms with Crippen molar-refractivity contribution in [3.63, 3.8) is 0 Å². The Kier molecular flexibility index (Phi) is 2.80. The molecule has 0 saturated carbocycles. The maximum absolute atomic E-state index is 9.83. The largest absolute Gasteiger partial charge is 0.465 e. The third kappa shape index (κ3) is 2.00. The molecule has 0 aromatic heterocycles. The highest BCUT2D eigenvalue weighted by atomic mass is 16.6. The molecule has 3 rings (SSSR count). The van der Waals surface area contributed by atoms with E-state index in [1.54, 1.807) is 0 Å². The topological polar surface area (TPSA) is 29.5 Å². The predicted octanol–water partition coefficient (Wildman–Crippen LogP) is 3.23. The van der Waals surface area contributed by atoms with Crippen LogP contribution in [-0.4, -0.2) is 11.4 Å². The molecule has 0 spiro atoms. The zero-order valence-electron chi connectivity index (χ0n) is 10.3. The molecule has 0 radical (unpaired) electrons. The minimum absolute atomic E-state index is 0.213. The number of aryl methyl sites for hydroxylation is 1. The Labute approximate surface area is 107 Å². The third-order valence-electron chi connectivity index (χ3n) is 3.44. The summed E-state index contributed by atoms with van der Waals surface area (Å²) >= 11 is 0. The van der Waals surface area contributed by atoms with Crippen molar-refractivity contribution >= 4 is 0 Å². The van der Waals surface area contributed by atoms with Gasteiger partial charge in [0.2, 0.25) is 0 Å². The summed E-state index contributed by atoms with van der Waals surface area (Å²) in [5.74, 6) is 1.01. The highest BCUT2D eigenvalue weighted by Crippen LogP contribution is 2.40. The normalized spacial score (nSPS) is 22.1. The van der Waals surface area contributed by atoms with Gasteiger partial charge in [0.1, 0.15) is 5.75 Å². The van der Waals surface area contributed by atoms with Gasteiger partial charge in [0.25, 0.3) is 0 Å². The van der Waals surface area contributed by atoms with E-state index in [1.165, 1.54) is 16.7 Å². The number of fused-ring (bicyclic) bond motifs is 1. The van der Waals surface area contributed by atoms with Gasteiger partial charge < -0.3 is 9.84 Å². The Morgan fingerprint density at radius 1 is 1.11 bits per heavy atom. The van der Waals surface area contributed by atoms with Gasteiger partial charge in [-0.3, -0.25) is 0 Å². The molecule has 92 valence electrons. The van der Waals surface area contributed by atoms with Gasteiger partial charge in [-0.05, 0) is 18.6 Å². The number of hydrogen-bond acceptors (Lipinski definition) is 2. The lowest BCUT2D eigenvalue weighted by molar-refractivity contribution is -0.0359. The van der Waals surface area contributed by atoms with E-state index >= 15 is 0 Å². The summed E-state index contributed by atoms with van der Waals surface area (Å²) in [5, 5.41) is 9.83. The number of benzene rings is 2. The van der Waals surface area contributed by atoms with Crippen molar-refractivity contribution in [3.05, 3.63) is 65.2 Å². The highest BCUT2D eigenvalue weighted by molar-refractivity contribution is 5.45. The molecular weight excluding hydrogens is 224 g/mol. The maximum atomic E-state index is 9.83. The van der Waals surface area contributed by atoms with Crippen LogP contribution in [0.3, 0.4) is 0 Å². The first-order valence-electron chi connectivity index (χ1n) is 6.24. The first kappa shape index (κ1) is 11.3. The molecule has 2 aromatic carbocycles. The second kappa shape index (κ2) is 4.46. The van der Waals surface area contributed by atoms with Gasteiger partial charge in [0.15, 0.2) is 6.29 Å². The number of aliphatic hydroxyl groups is 1. The van der Waals surface area contributed by atoms with Gasteiger partial charge in [0.05, 0.1) is 0 Å². The molecular formula is C16H16O2. The van der Waals surface area contributed by atoms with E-state index < -0.39 is 6.29 Å². The molecule has 0 aliphatic carbocycles. The second-order valence-electron chi connectivity index (χ2n) is 4.81. The Hall–Kier alpha value is -1.80. The van der Waals surface area contributed by atoms with E-state index in [-0.39, 0.29) is 5.92 Å². The van der Waals surface area contributed by atoms with Crippen molar-refractivity contribution in [2.75, 3.05) is 0 Å². The monoisotopic (exact) mass is 240 g/mol. The molecule has 1 N–H and O–H groups in total. The van der Waals surface area contributed by atoms with Gasteiger partial charge in [-0.2, -0.15) is 0 Å². The maximum Gasteiger partial charge on any atom is 0.198 e. The van der Waals surface area contributed by atoms with Crippen LogP contribution in [0.25, 0.3) is 0 Å². The molecule has 0 bridgehead atoms. The first-order valence-corrected chi connectivity index (χ1v) is 6.24. The summed E-state index contributed by atoms with van der Waals surface area (Å²) in [6.07, 6.45) is -0.106. The van der Waals surface area contributed by atoms with Crippen LogP contribution in [0.15, 0.2) is 48.5 Å². The van der Waals surface area contributed by atoms with Crippen molar-refractivity contribution in [1.29, 1.82) is 0 Å². The van der Waals surface area contributed by atoms with Crippen molar-refractivity contribution in [2.45, 2.75) is 25.6 Å². The number of aliphatic hydroxyl groups excluding tert-OH is 1. The van der Waals surface area contributed by atoms with E-state index in [1.807, 2.05) is 30.3 Å². The van der Waals surface area contributed by atoms with Crippen LogP contribution in [0, 0.1) is 6.92 Å². The first-order chi connectivity index (χ1) is 8.74. The molecule has 1 aliphatic rings. The number of ether oxygens (including phenoxy) is 1. The molecule has 1 heterocycles. The van der Waals surface area contributed by atoms with Crippen molar-refractivity contribution in [3.8, 4) is 5.75 Å². The van der Waals surface area contributed by atoms with Gasteiger partial charge in [-0.1, -0.05) is 48.0 Å². The molecule has 2 atom stereocenters. The summed E-state index contributed by atoms with van der Waals surface area (Å²) in [4.78, 5) is 0. The molecule has 2 aromatic rings. The molecule has 2 nitrogen and oxygen atoms in total. The summed E-state index contributed by atoms with van der Waals surface area (Å²) in [6.45, 7) is 2.08. The summed E-state index contributed by atoms with van der Waals surface area (Å²) in [6, 6.07) is 16.4. The van der Waals surface area contributed by atoms with Gasteiger partial charge in [-0.15, -0.1) is 0 Å². The molecule has 1 aliphatic heterocycles. The van der Waals surface area contributed by atoms with Crippen LogP contribution < -0.4 is 4.74 Å². The quantitative estimate of drug-likeness (QED) is 0.829. The van der Waals surface area contributed by atoms with E-state index in [0.717, 1.165) is 5.75 Å². The minimum atomic E-state index is -0.717. The van der Waals surface area contributed by atoms with Crippen molar-refractivity contribution < 1.29 is 9.84 Å². The fraction of sp³-hybridized carbons (Fsp3) is 0.250. The van der Waals surface area contributed by atoms with E-state index in [4.69, 9.17) is 4.74 Å². The van der Waals surface area contributed by atoms with Crippen LogP contribution in [0.5, 0.6) is 5.75 Å². The van der Waals surface area contributed by atoms with E-state index in [0.29, 0.717) is 6.42 Å². The van der Waals surface area contributed by atoms with Gasteiger partial charge >= 0.3 is 0 Å². The zero-order valence-corrected chi connectivity index (χ0v) is 10.3. The Balaban J connectivity index is 2.09. The second-order valence-corrected chi connectivity index (χ2v) is 4.81. The fourth-order valence-electron chi connectivity index (χ4n) is 2.57. The summed E-state index contributed by atoms with van der Waals surface area (Å²) < 4.78 is 5.49. The lowest BCUT2D eigenvalue weighted by atomic mass is 9.85. The van der Waals surface area contributed by atoms with Crippen molar-refractivity contribution in [1.82, 2.24) is 0 Å². The van der Waals surface area contributed by atoms with E-state index in [9.17, 15) is 5.11 Å². The average molecular weight is 240 g/mol. The lowest BCUT2D eigenvalue weighted by Crippen LogP contribution is -2.25. The Morgan fingerprint density at radius 2 is 1.89 bits per heavy atom. The average Bonchev–Trinajstić information content (AvgIpc) is 2.39. The Morgan fingerprint density at radius 3 is 2.67 bits per heavy atom. The number of hydrogen-bond donors (Lipinski definition) is 1. The molecule has 0 saturated heterocycles. The minimum Gasteiger partial charge on any atom is -0.465 e. The molecule has 18 heavy (non-hydrogen) atoms. The van der Waals surface area contributed by atoms with Crippen LogP contribution in [0.4, 0.5) is 0 Å². The van der Waals surface area contributed by atoms with Crippen LogP contribution in [0.1, 0.15) is 29.0 Å². The van der Waals surface area contributed by atoms with Crippen LogP contribution in [0.2, 0.25) is 0 Å². The molecule has 0 unspecified atom stereocenters. The van der Waals surface area contributed by atoms with Crippen LogP contribution >= 0.6 is 0 Å². The fourth-order valence-corrected chi connectivity index (χ4v) is 2.57. The number of rotatable bonds is 1. The van der Waals surface area contributed by atoms with Crippen molar-refractivity contribution in [2.24, 2.45) is 0 Å². The van der Waals surface area contributed by atoms with Gasteiger partial charge in [0, 0.05) is 17.9 Å². The molecule has 0 amide bonds. The standard InChI is InChI=1S/C16H16O2/c1-11-7-8-15-14(9-11)13(10-16(17)18-15)12-5-3-2-4-6-12/h2-9,13,16-17H,10H2,1H3/t13-,16+/m0/s1. The molecule has 0 fully saturated rings. The van der Waals surface area contributed by atoms with Gasteiger partial charge in [-0.25, -0.2) is 0 Å². The predicted molar refractivity (Wildman–Crippen MR) is 70.7 cm³/mol.